The van der Waals surface area contributed by atoms with Gasteiger partial charge in [-0.1, -0.05) is 6.07 Å². The van der Waals surface area contributed by atoms with Gasteiger partial charge in [0.1, 0.15) is 11.6 Å². The number of pyridine rings is 1. The van der Waals surface area contributed by atoms with E-state index in [2.05, 4.69) is 31.5 Å². The molecule has 0 bridgehead atoms. The lowest BCUT2D eigenvalue weighted by Crippen LogP contribution is -2.20. The maximum atomic E-state index is 13.1. The average molecular weight is 444 g/mol. The predicted molar refractivity (Wildman–Crippen MR) is 107 cm³/mol. The van der Waals surface area contributed by atoms with E-state index in [9.17, 15) is 14.0 Å². The lowest BCUT2D eigenvalue weighted by atomic mass is 10.2. The van der Waals surface area contributed by atoms with Crippen molar-refractivity contribution in [3.8, 4) is 5.75 Å². The van der Waals surface area contributed by atoms with Gasteiger partial charge in [-0.25, -0.2) is 4.39 Å². The zero-order valence-electron chi connectivity index (χ0n) is 14.5. The lowest BCUT2D eigenvalue weighted by molar-refractivity contribution is -0.118. The average Bonchev–Trinajstić information content (AvgIpc) is 2.68. The number of nitrogens with zero attached hydrogens (tertiary/aromatic N) is 1. The van der Waals surface area contributed by atoms with Gasteiger partial charge in [0.05, 0.1) is 10.0 Å². The van der Waals surface area contributed by atoms with Crippen LogP contribution in [0.3, 0.4) is 0 Å². The van der Waals surface area contributed by atoms with E-state index in [4.69, 9.17) is 4.74 Å². The molecule has 1 heterocycles. The Balaban J connectivity index is 1.57. The summed E-state index contributed by atoms with van der Waals surface area (Å²) in [5, 5.41) is 5.42. The summed E-state index contributed by atoms with van der Waals surface area (Å²) in [6.45, 7) is -0.253. The molecule has 0 aliphatic carbocycles. The molecular formula is C20H15BrFN3O3. The van der Waals surface area contributed by atoms with Gasteiger partial charge in [-0.15, -0.1) is 0 Å². The fourth-order valence-corrected chi connectivity index (χ4v) is 2.77. The Kier molecular flexibility index (Phi) is 6.33. The van der Waals surface area contributed by atoms with E-state index in [-0.39, 0.29) is 12.5 Å². The van der Waals surface area contributed by atoms with E-state index in [1.165, 1.54) is 24.4 Å². The van der Waals surface area contributed by atoms with Crippen LogP contribution in [0.25, 0.3) is 0 Å². The van der Waals surface area contributed by atoms with Crippen LogP contribution in [0.4, 0.5) is 15.8 Å². The molecule has 0 fully saturated rings. The van der Waals surface area contributed by atoms with Crippen molar-refractivity contribution in [2.24, 2.45) is 0 Å². The molecule has 0 aliphatic rings. The van der Waals surface area contributed by atoms with Gasteiger partial charge < -0.3 is 15.4 Å². The number of nitrogens with one attached hydrogen (secondary N) is 2. The van der Waals surface area contributed by atoms with Gasteiger partial charge in [0.15, 0.2) is 6.61 Å². The first-order valence-electron chi connectivity index (χ1n) is 8.20. The SMILES string of the molecule is O=C(COc1ccc(F)cc1Br)Nc1cccc(NC(=O)c2cccnc2)c1. The molecular weight excluding hydrogens is 429 g/mol. The van der Waals surface area contributed by atoms with Crippen molar-refractivity contribution in [2.75, 3.05) is 17.2 Å². The normalized spacial score (nSPS) is 10.2. The van der Waals surface area contributed by atoms with Crippen LogP contribution in [0.1, 0.15) is 10.4 Å². The third-order valence-electron chi connectivity index (χ3n) is 3.58. The van der Waals surface area contributed by atoms with Gasteiger partial charge in [0.2, 0.25) is 0 Å². The molecule has 1 aromatic heterocycles. The molecule has 0 aliphatic heterocycles. The quantitative estimate of drug-likeness (QED) is 0.596. The van der Waals surface area contributed by atoms with Gasteiger partial charge in [-0.2, -0.15) is 0 Å². The molecule has 0 atom stereocenters. The summed E-state index contributed by atoms with van der Waals surface area (Å²) in [5.74, 6) is -0.754. The Hall–Kier alpha value is -3.26. The monoisotopic (exact) mass is 443 g/mol. The Morgan fingerprint density at radius 2 is 1.82 bits per heavy atom. The smallest absolute Gasteiger partial charge is 0.262 e. The van der Waals surface area contributed by atoms with Crippen LogP contribution < -0.4 is 15.4 Å². The number of hydrogen-bond acceptors (Lipinski definition) is 4. The Bertz CT molecular complexity index is 999. The number of hydrogen-bond donors (Lipinski definition) is 2. The lowest BCUT2D eigenvalue weighted by Gasteiger charge is -2.10. The molecule has 2 aromatic carbocycles. The fourth-order valence-electron chi connectivity index (χ4n) is 2.31. The minimum absolute atomic E-state index is 0.253. The van der Waals surface area contributed by atoms with Crippen molar-refractivity contribution in [1.82, 2.24) is 4.98 Å². The maximum Gasteiger partial charge on any atom is 0.262 e. The summed E-state index contributed by atoms with van der Waals surface area (Å²) >= 11 is 3.17. The fraction of sp³-hybridized carbons (Fsp3) is 0.0500. The van der Waals surface area contributed by atoms with Crippen LogP contribution in [-0.2, 0) is 4.79 Å². The molecule has 2 N–H and O–H groups in total. The van der Waals surface area contributed by atoms with Gasteiger partial charge in [0.25, 0.3) is 11.8 Å². The maximum absolute atomic E-state index is 13.1. The first-order chi connectivity index (χ1) is 13.5. The highest BCUT2D eigenvalue weighted by Gasteiger charge is 2.09. The first-order valence-corrected chi connectivity index (χ1v) is 9.00. The summed E-state index contributed by atoms with van der Waals surface area (Å²) < 4.78 is 18.9. The van der Waals surface area contributed by atoms with E-state index in [0.29, 0.717) is 27.2 Å². The molecule has 0 saturated carbocycles. The molecule has 0 radical (unpaired) electrons. The largest absolute Gasteiger partial charge is 0.483 e. The van der Waals surface area contributed by atoms with Gasteiger partial charge in [-0.05, 0) is 64.5 Å². The van der Waals surface area contributed by atoms with Crippen molar-refractivity contribution >= 4 is 39.1 Å². The molecule has 2 amide bonds. The number of rotatable bonds is 6. The minimum Gasteiger partial charge on any atom is -0.483 e. The number of carbonyl (C=O) groups is 2. The van der Waals surface area contributed by atoms with E-state index < -0.39 is 11.7 Å². The van der Waals surface area contributed by atoms with Crippen LogP contribution >= 0.6 is 15.9 Å². The number of aromatic nitrogens is 1. The van der Waals surface area contributed by atoms with Crippen molar-refractivity contribution in [3.05, 3.63) is 82.8 Å². The van der Waals surface area contributed by atoms with Crippen molar-refractivity contribution < 1.29 is 18.7 Å². The number of ether oxygens (including phenoxy) is 1. The molecule has 0 unspecified atom stereocenters. The number of anilines is 2. The summed E-state index contributed by atoms with van der Waals surface area (Å²) in [6, 6.07) is 14.0. The third-order valence-corrected chi connectivity index (χ3v) is 4.20. The number of benzene rings is 2. The standard InChI is InChI=1S/C20H15BrFN3O3/c21-17-9-14(22)6-7-18(17)28-12-19(26)24-15-4-1-5-16(10-15)25-20(27)13-3-2-8-23-11-13/h1-11H,12H2,(H,24,26)(H,25,27). The van der Waals surface area contributed by atoms with Crippen molar-refractivity contribution in [2.45, 2.75) is 0 Å². The van der Waals surface area contributed by atoms with E-state index in [0.717, 1.165) is 0 Å². The summed E-state index contributed by atoms with van der Waals surface area (Å²) in [5.41, 5.74) is 1.44. The first kappa shape index (κ1) is 19.5. The van der Waals surface area contributed by atoms with Gasteiger partial charge in [-0.3, -0.25) is 14.6 Å². The van der Waals surface area contributed by atoms with Crippen LogP contribution in [0.15, 0.2) is 71.5 Å². The highest BCUT2D eigenvalue weighted by molar-refractivity contribution is 9.10. The third kappa shape index (κ3) is 5.37. The molecule has 3 aromatic rings. The van der Waals surface area contributed by atoms with Crippen LogP contribution in [0.5, 0.6) is 5.75 Å². The Labute approximate surface area is 168 Å². The predicted octanol–water partition coefficient (Wildman–Crippen LogP) is 4.25. The molecule has 0 spiro atoms. The molecule has 6 nitrogen and oxygen atoms in total. The second-order valence-corrected chi connectivity index (χ2v) is 6.54. The van der Waals surface area contributed by atoms with Gasteiger partial charge >= 0.3 is 0 Å². The zero-order valence-corrected chi connectivity index (χ0v) is 16.1. The van der Waals surface area contributed by atoms with E-state index in [1.54, 1.807) is 42.6 Å². The van der Waals surface area contributed by atoms with Crippen LogP contribution in [0, 0.1) is 5.82 Å². The van der Waals surface area contributed by atoms with Gasteiger partial charge in [0, 0.05) is 23.8 Å². The molecule has 8 heteroatoms. The van der Waals surface area contributed by atoms with Crippen molar-refractivity contribution in [1.29, 1.82) is 0 Å². The van der Waals surface area contributed by atoms with Crippen molar-refractivity contribution in [3.63, 3.8) is 0 Å². The Morgan fingerprint density at radius 3 is 2.54 bits per heavy atom. The zero-order chi connectivity index (χ0) is 19.9. The van der Waals surface area contributed by atoms with E-state index >= 15 is 0 Å². The summed E-state index contributed by atoms with van der Waals surface area (Å²) in [6.07, 6.45) is 3.05. The second-order valence-electron chi connectivity index (χ2n) is 5.69. The highest BCUT2D eigenvalue weighted by Crippen LogP contribution is 2.25. The second kappa shape index (κ2) is 9.09. The number of halogens is 2. The van der Waals surface area contributed by atoms with E-state index in [1.807, 2.05) is 0 Å². The molecule has 3 rings (SSSR count). The Morgan fingerprint density at radius 1 is 1.04 bits per heavy atom. The highest BCUT2D eigenvalue weighted by atomic mass is 79.9. The number of amides is 2. The molecule has 28 heavy (non-hydrogen) atoms. The van der Waals surface area contributed by atoms with Crippen LogP contribution in [0.2, 0.25) is 0 Å². The molecule has 142 valence electrons. The number of carbonyl (C=O) groups excluding carboxylic acids is 2. The molecule has 0 saturated heterocycles. The van der Waals surface area contributed by atoms with Crippen LogP contribution in [-0.4, -0.2) is 23.4 Å². The summed E-state index contributed by atoms with van der Waals surface area (Å²) in [4.78, 5) is 28.2. The summed E-state index contributed by atoms with van der Waals surface area (Å²) in [7, 11) is 0. The minimum atomic E-state index is -0.408. The topological polar surface area (TPSA) is 80.3 Å².